The number of rotatable bonds is 4. The van der Waals surface area contributed by atoms with Crippen molar-refractivity contribution in [1.29, 1.82) is 0 Å². The SMILES string of the molecule is CCCC(N)(c1ccccc1)c1ccccc1Cl. The summed E-state index contributed by atoms with van der Waals surface area (Å²) >= 11 is 6.31. The summed E-state index contributed by atoms with van der Waals surface area (Å²) < 4.78 is 0. The van der Waals surface area contributed by atoms with Gasteiger partial charge in [0.05, 0.1) is 5.54 Å². The minimum absolute atomic E-state index is 0.506. The molecular formula is C16H18ClN. The first-order chi connectivity index (χ1) is 8.68. The first kappa shape index (κ1) is 13.1. The van der Waals surface area contributed by atoms with E-state index in [2.05, 4.69) is 19.1 Å². The summed E-state index contributed by atoms with van der Waals surface area (Å²) in [5.74, 6) is 0. The van der Waals surface area contributed by atoms with Gasteiger partial charge in [-0.25, -0.2) is 0 Å². The van der Waals surface area contributed by atoms with Crippen molar-refractivity contribution in [1.82, 2.24) is 0 Å². The Labute approximate surface area is 114 Å². The largest absolute Gasteiger partial charge is 0.318 e. The highest BCUT2D eigenvalue weighted by atomic mass is 35.5. The summed E-state index contributed by atoms with van der Waals surface area (Å²) in [6, 6.07) is 18.0. The third-order valence-corrected chi connectivity index (χ3v) is 3.62. The lowest BCUT2D eigenvalue weighted by Gasteiger charge is -2.31. The smallest absolute Gasteiger partial charge is 0.0680 e. The molecule has 0 saturated heterocycles. The predicted molar refractivity (Wildman–Crippen MR) is 77.8 cm³/mol. The zero-order valence-corrected chi connectivity index (χ0v) is 11.3. The molecule has 0 amide bonds. The molecular weight excluding hydrogens is 242 g/mol. The lowest BCUT2D eigenvalue weighted by Crippen LogP contribution is -2.38. The van der Waals surface area contributed by atoms with Crippen LogP contribution in [-0.2, 0) is 5.54 Å². The molecule has 0 heterocycles. The Bertz CT molecular complexity index is 510. The van der Waals surface area contributed by atoms with Crippen LogP contribution in [0.4, 0.5) is 0 Å². The Morgan fingerprint density at radius 3 is 2.22 bits per heavy atom. The fourth-order valence-corrected chi connectivity index (χ4v) is 2.69. The van der Waals surface area contributed by atoms with Gasteiger partial charge < -0.3 is 5.73 Å². The van der Waals surface area contributed by atoms with Crippen LogP contribution >= 0.6 is 11.6 Å². The van der Waals surface area contributed by atoms with E-state index in [9.17, 15) is 0 Å². The van der Waals surface area contributed by atoms with Crippen molar-refractivity contribution in [2.24, 2.45) is 5.73 Å². The zero-order chi connectivity index (χ0) is 13.0. The molecule has 1 unspecified atom stereocenters. The van der Waals surface area contributed by atoms with E-state index in [1.54, 1.807) is 0 Å². The second kappa shape index (κ2) is 5.55. The Balaban J connectivity index is 2.55. The molecule has 18 heavy (non-hydrogen) atoms. The maximum absolute atomic E-state index is 6.67. The second-order valence-corrected chi connectivity index (χ2v) is 4.97. The third kappa shape index (κ3) is 2.43. The quantitative estimate of drug-likeness (QED) is 0.868. The van der Waals surface area contributed by atoms with Crippen molar-refractivity contribution in [3.63, 3.8) is 0 Å². The van der Waals surface area contributed by atoms with E-state index in [0.29, 0.717) is 0 Å². The highest BCUT2D eigenvalue weighted by Gasteiger charge is 2.30. The van der Waals surface area contributed by atoms with Gasteiger partial charge in [0.1, 0.15) is 0 Å². The van der Waals surface area contributed by atoms with Gasteiger partial charge in [0.25, 0.3) is 0 Å². The van der Waals surface area contributed by atoms with E-state index in [-0.39, 0.29) is 0 Å². The van der Waals surface area contributed by atoms with Gasteiger partial charge in [-0.1, -0.05) is 73.5 Å². The van der Waals surface area contributed by atoms with E-state index in [1.165, 1.54) is 0 Å². The summed E-state index contributed by atoms with van der Waals surface area (Å²) in [6.45, 7) is 2.14. The summed E-state index contributed by atoms with van der Waals surface area (Å²) in [5, 5.41) is 0.734. The molecule has 0 radical (unpaired) electrons. The van der Waals surface area contributed by atoms with E-state index in [0.717, 1.165) is 29.0 Å². The molecule has 0 aliphatic carbocycles. The first-order valence-electron chi connectivity index (χ1n) is 6.28. The van der Waals surface area contributed by atoms with Gasteiger partial charge in [-0.2, -0.15) is 0 Å². The van der Waals surface area contributed by atoms with Crippen molar-refractivity contribution in [3.05, 3.63) is 70.7 Å². The Morgan fingerprint density at radius 1 is 1.00 bits per heavy atom. The Kier molecular flexibility index (Phi) is 4.05. The number of benzene rings is 2. The average molecular weight is 260 g/mol. The molecule has 0 bridgehead atoms. The maximum Gasteiger partial charge on any atom is 0.0680 e. The number of nitrogens with two attached hydrogens (primary N) is 1. The predicted octanol–water partition coefficient (Wildman–Crippen LogP) is 4.34. The van der Waals surface area contributed by atoms with Crippen molar-refractivity contribution >= 4 is 11.6 Å². The monoisotopic (exact) mass is 259 g/mol. The fourth-order valence-electron chi connectivity index (χ4n) is 2.39. The highest BCUT2D eigenvalue weighted by Crippen LogP contribution is 2.35. The van der Waals surface area contributed by atoms with Gasteiger partial charge >= 0.3 is 0 Å². The van der Waals surface area contributed by atoms with Crippen LogP contribution in [0.5, 0.6) is 0 Å². The first-order valence-corrected chi connectivity index (χ1v) is 6.65. The molecule has 0 saturated carbocycles. The van der Waals surface area contributed by atoms with Gasteiger partial charge in [0.2, 0.25) is 0 Å². The molecule has 0 aliphatic heterocycles. The molecule has 0 aromatic heterocycles. The molecule has 2 heteroatoms. The van der Waals surface area contributed by atoms with Crippen LogP contribution in [0.15, 0.2) is 54.6 Å². The van der Waals surface area contributed by atoms with Crippen LogP contribution in [0.2, 0.25) is 5.02 Å². The topological polar surface area (TPSA) is 26.0 Å². The van der Waals surface area contributed by atoms with Gasteiger partial charge in [0, 0.05) is 5.02 Å². The summed E-state index contributed by atoms with van der Waals surface area (Å²) in [4.78, 5) is 0. The van der Waals surface area contributed by atoms with Gasteiger partial charge in [-0.3, -0.25) is 0 Å². The normalized spacial score (nSPS) is 14.2. The second-order valence-electron chi connectivity index (χ2n) is 4.57. The summed E-state index contributed by atoms with van der Waals surface area (Å²) in [7, 11) is 0. The maximum atomic E-state index is 6.67. The zero-order valence-electron chi connectivity index (χ0n) is 10.6. The Morgan fingerprint density at radius 2 is 1.61 bits per heavy atom. The molecule has 0 spiro atoms. The van der Waals surface area contributed by atoms with Gasteiger partial charge in [-0.05, 0) is 23.6 Å². The molecule has 2 N–H and O–H groups in total. The Hall–Kier alpha value is -1.31. The van der Waals surface area contributed by atoms with Crippen LogP contribution in [0.1, 0.15) is 30.9 Å². The van der Waals surface area contributed by atoms with Gasteiger partial charge in [-0.15, -0.1) is 0 Å². The van der Waals surface area contributed by atoms with Gasteiger partial charge in [0.15, 0.2) is 0 Å². The van der Waals surface area contributed by atoms with E-state index in [1.807, 2.05) is 42.5 Å². The molecule has 1 nitrogen and oxygen atoms in total. The molecule has 1 atom stereocenters. The molecule has 0 fully saturated rings. The lowest BCUT2D eigenvalue weighted by atomic mass is 9.80. The van der Waals surface area contributed by atoms with Crippen LogP contribution in [0.3, 0.4) is 0 Å². The molecule has 2 aromatic carbocycles. The van der Waals surface area contributed by atoms with Crippen LogP contribution in [-0.4, -0.2) is 0 Å². The molecule has 2 rings (SSSR count). The highest BCUT2D eigenvalue weighted by molar-refractivity contribution is 6.31. The number of halogens is 1. The van der Waals surface area contributed by atoms with E-state index >= 15 is 0 Å². The van der Waals surface area contributed by atoms with Crippen molar-refractivity contribution in [3.8, 4) is 0 Å². The number of hydrogen-bond acceptors (Lipinski definition) is 1. The van der Waals surface area contributed by atoms with Crippen molar-refractivity contribution < 1.29 is 0 Å². The fraction of sp³-hybridized carbons (Fsp3) is 0.250. The third-order valence-electron chi connectivity index (χ3n) is 3.29. The summed E-state index contributed by atoms with van der Waals surface area (Å²) in [6.07, 6.45) is 1.89. The number of hydrogen-bond donors (Lipinski definition) is 1. The van der Waals surface area contributed by atoms with Crippen LogP contribution < -0.4 is 5.73 Å². The average Bonchev–Trinajstić information content (AvgIpc) is 2.40. The van der Waals surface area contributed by atoms with E-state index < -0.39 is 5.54 Å². The van der Waals surface area contributed by atoms with Crippen LogP contribution in [0.25, 0.3) is 0 Å². The molecule has 0 aliphatic rings. The molecule has 2 aromatic rings. The minimum atomic E-state index is -0.506. The van der Waals surface area contributed by atoms with Crippen molar-refractivity contribution in [2.45, 2.75) is 25.3 Å². The van der Waals surface area contributed by atoms with Crippen molar-refractivity contribution in [2.75, 3.05) is 0 Å². The minimum Gasteiger partial charge on any atom is -0.318 e. The molecule has 94 valence electrons. The standard InChI is InChI=1S/C16H18ClN/c1-2-12-16(18,13-8-4-3-5-9-13)14-10-6-7-11-15(14)17/h3-11H,2,12,18H2,1H3. The van der Waals surface area contributed by atoms with Crippen LogP contribution in [0, 0.1) is 0 Å². The summed E-state index contributed by atoms with van der Waals surface area (Å²) in [5.41, 5.74) is 8.27. The lowest BCUT2D eigenvalue weighted by molar-refractivity contribution is 0.485. The van der Waals surface area contributed by atoms with E-state index in [4.69, 9.17) is 17.3 Å².